The zero-order valence-electron chi connectivity index (χ0n) is 20.7. The molecule has 0 bridgehead atoms. The molecular weight excluding hydrogens is 528 g/mol. The van der Waals surface area contributed by atoms with E-state index in [9.17, 15) is 22.7 Å². The average Bonchev–Trinajstić information content (AvgIpc) is 3.34. The summed E-state index contributed by atoms with van der Waals surface area (Å²) in [5.74, 6) is -1.58. The normalized spacial score (nSPS) is 18.6. The second-order valence-corrected chi connectivity index (χ2v) is 9.79. The van der Waals surface area contributed by atoms with Crippen LogP contribution >= 0.6 is 11.3 Å². The van der Waals surface area contributed by atoms with Gasteiger partial charge in [-0.15, -0.1) is 24.5 Å². The van der Waals surface area contributed by atoms with Gasteiger partial charge in [0.05, 0.1) is 28.0 Å². The summed E-state index contributed by atoms with van der Waals surface area (Å²) >= 11 is 1.53. The van der Waals surface area contributed by atoms with Gasteiger partial charge in [-0.3, -0.25) is 4.99 Å². The maximum absolute atomic E-state index is 14.1. The van der Waals surface area contributed by atoms with Crippen molar-refractivity contribution in [3.63, 3.8) is 0 Å². The predicted molar refractivity (Wildman–Crippen MR) is 146 cm³/mol. The molecule has 1 N–H and O–H groups in total. The molecule has 3 aromatic carbocycles. The Morgan fingerprint density at radius 1 is 1.03 bits per heavy atom. The molecule has 0 fully saturated rings. The van der Waals surface area contributed by atoms with Gasteiger partial charge in [0.25, 0.3) is 0 Å². The first-order valence-electron chi connectivity index (χ1n) is 12.0. The molecule has 4 nitrogen and oxygen atoms in total. The molecule has 0 unspecified atom stereocenters. The molecular formula is C30H22F4N2O2S. The van der Waals surface area contributed by atoms with Gasteiger partial charge < -0.3 is 9.84 Å². The van der Waals surface area contributed by atoms with Crippen molar-refractivity contribution in [2.24, 2.45) is 4.99 Å². The lowest BCUT2D eigenvalue weighted by molar-refractivity contribution is -0.275. The van der Waals surface area contributed by atoms with Crippen LogP contribution in [0.2, 0.25) is 0 Å². The van der Waals surface area contributed by atoms with E-state index in [1.807, 2.05) is 36.4 Å². The molecule has 0 spiro atoms. The third-order valence-corrected chi connectivity index (χ3v) is 6.93. The van der Waals surface area contributed by atoms with Crippen molar-refractivity contribution in [1.82, 2.24) is 4.98 Å². The number of aromatic hydroxyl groups is 1. The van der Waals surface area contributed by atoms with Crippen molar-refractivity contribution in [2.75, 3.05) is 0 Å². The van der Waals surface area contributed by atoms with Gasteiger partial charge in [0.1, 0.15) is 5.82 Å². The Morgan fingerprint density at radius 2 is 1.82 bits per heavy atom. The van der Waals surface area contributed by atoms with E-state index in [1.54, 1.807) is 24.6 Å². The molecule has 4 aromatic rings. The minimum Gasteiger partial charge on any atom is -0.504 e. The first kappa shape index (κ1) is 26.4. The Labute approximate surface area is 225 Å². The van der Waals surface area contributed by atoms with E-state index >= 15 is 0 Å². The molecule has 5 rings (SSSR count). The minimum absolute atomic E-state index is 0.0561. The van der Waals surface area contributed by atoms with E-state index in [0.717, 1.165) is 44.6 Å². The number of nitrogens with zero attached hydrogens (tertiary/aromatic N) is 2. The van der Waals surface area contributed by atoms with Crippen LogP contribution in [0.1, 0.15) is 28.7 Å². The zero-order chi connectivity index (χ0) is 27.6. The smallest absolute Gasteiger partial charge is 0.504 e. The molecule has 0 atom stereocenters. The number of hydrogen-bond acceptors (Lipinski definition) is 5. The van der Waals surface area contributed by atoms with Gasteiger partial charge in [-0.05, 0) is 95.3 Å². The van der Waals surface area contributed by atoms with Crippen molar-refractivity contribution >= 4 is 38.4 Å². The molecule has 1 aliphatic carbocycles. The highest BCUT2D eigenvalue weighted by atomic mass is 32.1. The Balaban J connectivity index is 1.57. The highest BCUT2D eigenvalue weighted by Crippen LogP contribution is 2.36. The van der Waals surface area contributed by atoms with Crippen molar-refractivity contribution in [3.05, 3.63) is 112 Å². The van der Waals surface area contributed by atoms with E-state index in [-0.39, 0.29) is 12.4 Å². The van der Waals surface area contributed by atoms with Crippen molar-refractivity contribution in [2.45, 2.75) is 26.3 Å². The van der Waals surface area contributed by atoms with Gasteiger partial charge in [-0.1, -0.05) is 30.4 Å². The second kappa shape index (κ2) is 10.9. The van der Waals surface area contributed by atoms with Gasteiger partial charge in [-0.25, -0.2) is 9.37 Å². The fourth-order valence-electron chi connectivity index (χ4n) is 4.25. The first-order chi connectivity index (χ1) is 18.7. The van der Waals surface area contributed by atoms with Crippen LogP contribution in [0.15, 0.2) is 89.4 Å². The van der Waals surface area contributed by atoms with Gasteiger partial charge in [0.15, 0.2) is 11.5 Å². The van der Waals surface area contributed by atoms with Crippen LogP contribution < -0.4 is 4.74 Å². The number of aliphatic imine (C=N–C) groups is 1. The number of hydrogen-bond donors (Lipinski definition) is 1. The topological polar surface area (TPSA) is 54.7 Å². The van der Waals surface area contributed by atoms with Crippen LogP contribution in [0.3, 0.4) is 0 Å². The molecule has 0 amide bonds. The van der Waals surface area contributed by atoms with E-state index in [0.29, 0.717) is 23.3 Å². The van der Waals surface area contributed by atoms with Crippen LogP contribution in [0, 0.1) is 12.7 Å². The molecule has 1 aromatic heterocycles. The molecule has 0 saturated carbocycles. The number of ether oxygens (including phenoxy) is 1. The predicted octanol–water partition coefficient (Wildman–Crippen LogP) is 8.42. The van der Waals surface area contributed by atoms with Crippen molar-refractivity contribution in [1.29, 1.82) is 0 Å². The lowest BCUT2D eigenvalue weighted by atomic mass is 9.88. The number of allylic oxidation sites excluding steroid dienone is 6. The van der Waals surface area contributed by atoms with Crippen molar-refractivity contribution in [3.8, 4) is 11.5 Å². The molecule has 1 heterocycles. The van der Waals surface area contributed by atoms with Crippen molar-refractivity contribution < 1.29 is 27.4 Å². The Bertz CT molecular complexity index is 1670. The average molecular weight is 551 g/mol. The molecule has 1 aliphatic rings. The lowest BCUT2D eigenvalue weighted by Crippen LogP contribution is -2.17. The molecule has 0 saturated heterocycles. The highest BCUT2D eigenvalue weighted by molar-refractivity contribution is 7.16. The largest absolute Gasteiger partial charge is 0.573 e. The Kier molecular flexibility index (Phi) is 7.34. The van der Waals surface area contributed by atoms with Crippen LogP contribution in [0.25, 0.3) is 21.4 Å². The number of halogens is 4. The third kappa shape index (κ3) is 6.26. The number of phenolic OH excluding ortho intramolecular Hbond substituents is 1. The number of fused-ring (bicyclic) bond motifs is 1. The number of aryl methyl sites for hydroxylation is 1. The zero-order valence-corrected chi connectivity index (χ0v) is 21.5. The summed E-state index contributed by atoms with van der Waals surface area (Å²) in [4.78, 5) is 9.01. The summed E-state index contributed by atoms with van der Waals surface area (Å²) in [7, 11) is 0. The van der Waals surface area contributed by atoms with Crippen LogP contribution in [-0.2, 0) is 6.54 Å². The molecule has 0 aliphatic heterocycles. The Hall–Kier alpha value is -4.24. The second-order valence-electron chi connectivity index (χ2n) is 8.90. The number of benzene rings is 3. The number of rotatable bonds is 5. The minimum atomic E-state index is -4.93. The fourth-order valence-corrected chi connectivity index (χ4v) is 4.97. The first-order valence-corrected chi connectivity index (χ1v) is 12.9. The van der Waals surface area contributed by atoms with Crippen LogP contribution in [-0.4, -0.2) is 22.2 Å². The fraction of sp³-hybridized carbons (Fsp3) is 0.133. The molecule has 39 heavy (non-hydrogen) atoms. The number of thiazole rings is 1. The lowest BCUT2D eigenvalue weighted by Gasteiger charge is -2.16. The SMILES string of the molecule is Cc1cc(C2=C\C/C=C/C(=NCc3ccc(O)c(OC(F)(F)F)c3)/C=C\2c2ccc3ncsc3c2)ccc1F. The van der Waals surface area contributed by atoms with Gasteiger partial charge in [-0.2, -0.15) is 0 Å². The third-order valence-electron chi connectivity index (χ3n) is 6.13. The van der Waals surface area contributed by atoms with E-state index < -0.39 is 17.9 Å². The molecule has 0 radical (unpaired) electrons. The number of aromatic nitrogens is 1. The maximum Gasteiger partial charge on any atom is 0.573 e. The summed E-state index contributed by atoms with van der Waals surface area (Å²) in [5, 5.41) is 9.76. The monoisotopic (exact) mass is 550 g/mol. The summed E-state index contributed by atoms with van der Waals surface area (Å²) < 4.78 is 57.2. The van der Waals surface area contributed by atoms with Crippen LogP contribution in [0.5, 0.6) is 11.5 Å². The number of alkyl halides is 3. The van der Waals surface area contributed by atoms with Crippen LogP contribution in [0.4, 0.5) is 17.6 Å². The molecule has 9 heteroatoms. The van der Waals surface area contributed by atoms with Gasteiger partial charge in [0.2, 0.25) is 0 Å². The van der Waals surface area contributed by atoms with E-state index in [2.05, 4.69) is 20.8 Å². The maximum atomic E-state index is 14.1. The standard InChI is InChI=1S/C30H22F4N2O2S/c1-18-12-20(7-9-25(18)31)23-5-3-2-4-22(15-24(23)21-8-10-26-29(14-21)39-17-36-26)35-16-19-6-11-27(37)28(13-19)38-30(32,33)34/h2,4-15,17,37H,3,16H2,1H3/b4-2+,23-5+,24-15-,35-22?. The summed E-state index contributed by atoms with van der Waals surface area (Å²) in [6, 6.07) is 14.7. The highest BCUT2D eigenvalue weighted by Gasteiger charge is 2.32. The molecule has 198 valence electrons. The summed E-state index contributed by atoms with van der Waals surface area (Å²) in [6.07, 6.45) is 3.43. The number of phenols is 1. The summed E-state index contributed by atoms with van der Waals surface area (Å²) in [5.41, 5.74) is 7.78. The summed E-state index contributed by atoms with van der Waals surface area (Å²) in [6.45, 7) is 1.77. The van der Waals surface area contributed by atoms with Gasteiger partial charge >= 0.3 is 6.36 Å². The van der Waals surface area contributed by atoms with Gasteiger partial charge in [0, 0.05) is 0 Å². The van der Waals surface area contributed by atoms with E-state index in [4.69, 9.17) is 0 Å². The quantitative estimate of drug-likeness (QED) is 0.254. The van der Waals surface area contributed by atoms with E-state index in [1.165, 1.54) is 23.5 Å². The Morgan fingerprint density at radius 3 is 2.62 bits per heavy atom.